The Morgan fingerprint density at radius 1 is 1.50 bits per heavy atom. The summed E-state index contributed by atoms with van der Waals surface area (Å²) in [5.74, 6) is 0. The Balaban J connectivity index is 3.25. The third-order valence-electron chi connectivity index (χ3n) is 2.76. The lowest BCUT2D eigenvalue weighted by molar-refractivity contribution is 0.216. The van der Waals surface area contributed by atoms with Crippen LogP contribution in [0.3, 0.4) is 0 Å². The first-order chi connectivity index (χ1) is 7.44. The van der Waals surface area contributed by atoms with Crippen LogP contribution in [0.4, 0.5) is 5.69 Å². The topological polar surface area (TPSA) is 47.3 Å². The van der Waals surface area contributed by atoms with E-state index in [1.807, 2.05) is 31.9 Å². The zero-order chi connectivity index (χ0) is 12.3. The van der Waals surface area contributed by atoms with E-state index in [-0.39, 0.29) is 6.61 Å². The highest BCUT2D eigenvalue weighted by atomic mass is 35.5. The van der Waals surface area contributed by atoms with Crippen LogP contribution in [0.25, 0.3) is 0 Å². The Morgan fingerprint density at radius 2 is 2.12 bits per heavy atom. The molecule has 0 unspecified atom stereocenters. The lowest BCUT2D eigenvalue weighted by Gasteiger charge is -2.36. The maximum Gasteiger partial charge on any atom is 0.103 e. The van der Waals surface area contributed by atoms with E-state index in [0.717, 1.165) is 5.69 Å². The summed E-state index contributed by atoms with van der Waals surface area (Å²) in [6.07, 6.45) is 0. The maximum absolute atomic E-state index is 9.30. The molecule has 0 saturated carbocycles. The molecule has 4 heteroatoms. The number of hydrogen-bond acceptors (Lipinski definition) is 3. The van der Waals surface area contributed by atoms with Gasteiger partial charge in [0.25, 0.3) is 0 Å². The van der Waals surface area contributed by atoms with Gasteiger partial charge in [0.1, 0.15) is 6.07 Å². The molecule has 0 atom stereocenters. The number of aliphatic hydroxyl groups excluding tert-OH is 1. The lowest BCUT2D eigenvalue weighted by atomic mass is 10.0. The van der Waals surface area contributed by atoms with Gasteiger partial charge >= 0.3 is 0 Å². The van der Waals surface area contributed by atoms with E-state index in [1.54, 1.807) is 12.1 Å². The van der Waals surface area contributed by atoms with Crippen LogP contribution < -0.4 is 4.90 Å². The molecule has 0 saturated heterocycles. The highest BCUT2D eigenvalue weighted by molar-refractivity contribution is 6.32. The van der Waals surface area contributed by atoms with Crippen LogP contribution in [0.15, 0.2) is 18.2 Å². The summed E-state index contributed by atoms with van der Waals surface area (Å²) in [5.41, 5.74) is 0.734. The monoisotopic (exact) mass is 238 g/mol. The normalized spacial score (nSPS) is 11.0. The van der Waals surface area contributed by atoms with Crippen molar-refractivity contribution in [3.8, 4) is 6.07 Å². The summed E-state index contributed by atoms with van der Waals surface area (Å²) in [5, 5.41) is 18.8. The number of benzene rings is 1. The Kier molecular flexibility index (Phi) is 3.79. The summed E-state index contributed by atoms with van der Waals surface area (Å²) >= 11 is 5.96. The second kappa shape index (κ2) is 4.73. The van der Waals surface area contributed by atoms with Crippen molar-refractivity contribution >= 4 is 17.3 Å². The molecule has 0 aliphatic heterocycles. The van der Waals surface area contributed by atoms with Gasteiger partial charge in [0.15, 0.2) is 0 Å². The molecule has 0 spiro atoms. The number of hydrogen-bond donors (Lipinski definition) is 1. The fraction of sp³-hybridized carbons (Fsp3) is 0.417. The molecule has 0 aromatic heterocycles. The first-order valence-electron chi connectivity index (χ1n) is 4.97. The summed E-state index contributed by atoms with van der Waals surface area (Å²) in [6, 6.07) is 7.39. The molecule has 0 radical (unpaired) electrons. The third kappa shape index (κ3) is 2.29. The van der Waals surface area contributed by atoms with Gasteiger partial charge in [-0.05, 0) is 26.0 Å². The molecule has 1 rings (SSSR count). The second-order valence-electron chi connectivity index (χ2n) is 4.28. The minimum absolute atomic E-state index is 0.000875. The van der Waals surface area contributed by atoms with Gasteiger partial charge in [0.2, 0.25) is 0 Å². The number of rotatable bonds is 3. The predicted octanol–water partition coefficient (Wildman–Crippen LogP) is 2.42. The van der Waals surface area contributed by atoms with Crippen molar-refractivity contribution in [1.82, 2.24) is 0 Å². The molecule has 0 bridgehead atoms. The highest BCUT2D eigenvalue weighted by Crippen LogP contribution is 2.29. The van der Waals surface area contributed by atoms with Crippen LogP contribution in [0, 0.1) is 11.3 Å². The van der Waals surface area contributed by atoms with Gasteiger partial charge < -0.3 is 10.0 Å². The van der Waals surface area contributed by atoms with Gasteiger partial charge in [-0.15, -0.1) is 0 Å². The van der Waals surface area contributed by atoms with E-state index in [0.29, 0.717) is 10.6 Å². The van der Waals surface area contributed by atoms with Crippen molar-refractivity contribution in [2.75, 3.05) is 18.6 Å². The third-order valence-corrected chi connectivity index (χ3v) is 3.07. The molecule has 0 fully saturated rings. The zero-order valence-corrected chi connectivity index (χ0v) is 10.4. The average Bonchev–Trinajstić information content (AvgIpc) is 2.27. The number of halogens is 1. The van der Waals surface area contributed by atoms with Crippen LogP contribution in [-0.4, -0.2) is 24.3 Å². The standard InChI is InChI=1S/C12H15ClN2O/c1-12(2,8-16)15(3)11-6-4-5-10(13)9(11)7-14/h4-6,16H,8H2,1-3H3. The molecule has 1 N–H and O–H groups in total. The Morgan fingerprint density at radius 3 is 2.62 bits per heavy atom. The first-order valence-corrected chi connectivity index (χ1v) is 5.35. The average molecular weight is 239 g/mol. The smallest absolute Gasteiger partial charge is 0.103 e. The molecular weight excluding hydrogens is 224 g/mol. The van der Waals surface area contributed by atoms with Crippen molar-refractivity contribution < 1.29 is 5.11 Å². The molecular formula is C12H15ClN2O. The van der Waals surface area contributed by atoms with Crippen LogP contribution in [-0.2, 0) is 0 Å². The van der Waals surface area contributed by atoms with Gasteiger partial charge in [-0.3, -0.25) is 0 Å². The van der Waals surface area contributed by atoms with Crippen LogP contribution in [0.1, 0.15) is 19.4 Å². The molecule has 86 valence electrons. The van der Waals surface area contributed by atoms with Gasteiger partial charge in [0, 0.05) is 7.05 Å². The van der Waals surface area contributed by atoms with Crippen molar-refractivity contribution in [3.05, 3.63) is 28.8 Å². The summed E-state index contributed by atoms with van der Waals surface area (Å²) in [6.45, 7) is 3.80. The first kappa shape index (κ1) is 12.8. The van der Waals surface area contributed by atoms with Crippen molar-refractivity contribution in [3.63, 3.8) is 0 Å². The number of nitriles is 1. The Hall–Kier alpha value is -1.24. The summed E-state index contributed by atoms with van der Waals surface area (Å²) in [4.78, 5) is 1.86. The van der Waals surface area contributed by atoms with E-state index >= 15 is 0 Å². The van der Waals surface area contributed by atoms with Gasteiger partial charge in [-0.25, -0.2) is 0 Å². The van der Waals surface area contributed by atoms with Crippen molar-refractivity contribution in [1.29, 1.82) is 5.26 Å². The van der Waals surface area contributed by atoms with Gasteiger partial charge in [0.05, 0.1) is 28.4 Å². The highest BCUT2D eigenvalue weighted by Gasteiger charge is 2.25. The van der Waals surface area contributed by atoms with E-state index in [1.165, 1.54) is 0 Å². The Bertz CT molecular complexity index is 424. The Labute approximate surface area is 101 Å². The molecule has 16 heavy (non-hydrogen) atoms. The largest absolute Gasteiger partial charge is 0.394 e. The molecule has 0 aliphatic rings. The number of anilines is 1. The SMILES string of the molecule is CN(c1cccc(Cl)c1C#N)C(C)(C)CO. The molecule has 0 aliphatic carbocycles. The maximum atomic E-state index is 9.30. The van der Waals surface area contributed by atoms with Gasteiger partial charge in [-0.2, -0.15) is 5.26 Å². The molecule has 0 heterocycles. The van der Waals surface area contributed by atoms with E-state index in [9.17, 15) is 5.11 Å². The van der Waals surface area contributed by atoms with E-state index in [4.69, 9.17) is 16.9 Å². The molecule has 1 aromatic carbocycles. The van der Waals surface area contributed by atoms with Crippen LogP contribution in [0.5, 0.6) is 0 Å². The quantitative estimate of drug-likeness (QED) is 0.880. The number of aliphatic hydroxyl groups is 1. The van der Waals surface area contributed by atoms with Crippen molar-refractivity contribution in [2.45, 2.75) is 19.4 Å². The molecule has 0 amide bonds. The number of likely N-dealkylation sites (N-methyl/N-ethyl adjacent to an activating group) is 1. The second-order valence-corrected chi connectivity index (χ2v) is 4.68. The molecule has 1 aromatic rings. The summed E-state index contributed by atoms with van der Waals surface area (Å²) < 4.78 is 0. The fourth-order valence-electron chi connectivity index (χ4n) is 1.34. The summed E-state index contributed by atoms with van der Waals surface area (Å²) in [7, 11) is 1.84. The minimum atomic E-state index is -0.434. The number of nitrogens with zero attached hydrogens (tertiary/aromatic N) is 2. The van der Waals surface area contributed by atoms with Gasteiger partial charge in [-0.1, -0.05) is 17.7 Å². The fourth-order valence-corrected chi connectivity index (χ4v) is 1.55. The van der Waals surface area contributed by atoms with E-state index < -0.39 is 5.54 Å². The molecule has 3 nitrogen and oxygen atoms in total. The van der Waals surface area contributed by atoms with E-state index in [2.05, 4.69) is 6.07 Å². The lowest BCUT2D eigenvalue weighted by Crippen LogP contribution is -2.44. The van der Waals surface area contributed by atoms with Crippen molar-refractivity contribution in [2.24, 2.45) is 0 Å². The zero-order valence-electron chi connectivity index (χ0n) is 9.66. The van der Waals surface area contributed by atoms with Crippen LogP contribution in [0.2, 0.25) is 5.02 Å². The van der Waals surface area contributed by atoms with Crippen LogP contribution >= 0.6 is 11.6 Å². The predicted molar refractivity (Wildman–Crippen MR) is 65.7 cm³/mol. The minimum Gasteiger partial charge on any atom is -0.394 e.